The third kappa shape index (κ3) is 20.4. The quantitative estimate of drug-likeness (QED) is 0.0283. The van der Waals surface area contributed by atoms with Crippen LogP contribution in [0.25, 0.3) is 89.7 Å². The smallest absolute Gasteiger partial charge is 0.169 e. The summed E-state index contributed by atoms with van der Waals surface area (Å²) < 4.78 is 9.30. The van der Waals surface area contributed by atoms with Gasteiger partial charge in [-0.25, -0.2) is 48.2 Å². The van der Waals surface area contributed by atoms with Crippen LogP contribution in [0.15, 0.2) is 210 Å². The molecular weight excluding hydrogens is 1350 g/mol. The van der Waals surface area contributed by atoms with Crippen molar-refractivity contribution >= 4 is 91.2 Å². The number of benzene rings is 4. The summed E-state index contributed by atoms with van der Waals surface area (Å²) in [6.45, 7) is 13.3. The number of aromatic amines is 2. The van der Waals surface area contributed by atoms with E-state index in [1.807, 2.05) is 0 Å². The van der Waals surface area contributed by atoms with Gasteiger partial charge in [-0.1, -0.05) is 203 Å². The zero-order chi connectivity index (χ0) is 71.1. The van der Waals surface area contributed by atoms with Crippen LogP contribution in [0.1, 0.15) is 207 Å². The van der Waals surface area contributed by atoms with Gasteiger partial charge in [0.25, 0.3) is 0 Å². The third-order valence-electron chi connectivity index (χ3n) is 20.2. The molecular formula is C88H106N12S4+4. The van der Waals surface area contributed by atoms with Gasteiger partial charge in [-0.3, -0.25) is 0 Å². The molecule has 12 nitrogen and oxygen atoms in total. The van der Waals surface area contributed by atoms with Gasteiger partial charge in [-0.2, -0.15) is 0 Å². The molecule has 0 saturated heterocycles. The first-order valence-corrected chi connectivity index (χ1v) is 42.7. The minimum atomic E-state index is 0.575. The van der Waals surface area contributed by atoms with Gasteiger partial charge in [0.1, 0.15) is 48.8 Å². The lowest BCUT2D eigenvalue weighted by Gasteiger charge is -2.05. The zero-order valence-corrected chi connectivity index (χ0v) is 65.2. The van der Waals surface area contributed by atoms with E-state index in [2.05, 4.69) is 227 Å². The average molecular weight is 1460 g/mol. The van der Waals surface area contributed by atoms with E-state index in [4.69, 9.17) is 29.9 Å². The van der Waals surface area contributed by atoms with Gasteiger partial charge in [0.15, 0.2) is 72.9 Å². The Bertz CT molecular complexity index is 4460. The van der Waals surface area contributed by atoms with Crippen molar-refractivity contribution in [1.82, 2.24) is 39.9 Å². The second-order valence-electron chi connectivity index (χ2n) is 28.4. The van der Waals surface area contributed by atoms with Crippen molar-refractivity contribution in [3.8, 4) is 45.6 Å². The molecule has 0 saturated carbocycles. The molecule has 2 N–H and O–H groups in total. The van der Waals surface area contributed by atoms with Crippen LogP contribution in [-0.2, 0) is 26.2 Å². The molecule has 0 aliphatic carbocycles. The second-order valence-corrected chi connectivity index (χ2v) is 33.0. The van der Waals surface area contributed by atoms with Crippen LogP contribution < -0.4 is 18.3 Å². The Kier molecular flexibility index (Phi) is 27.6. The lowest BCUT2D eigenvalue weighted by molar-refractivity contribution is -0.697. The van der Waals surface area contributed by atoms with E-state index < -0.39 is 0 Å². The zero-order valence-electron chi connectivity index (χ0n) is 61.9. The van der Waals surface area contributed by atoms with Crippen molar-refractivity contribution in [1.29, 1.82) is 0 Å². The van der Waals surface area contributed by atoms with Gasteiger partial charge >= 0.3 is 0 Å². The highest BCUT2D eigenvalue weighted by molar-refractivity contribution is 8.00. The number of aromatic nitrogens is 12. The van der Waals surface area contributed by atoms with Crippen molar-refractivity contribution in [2.24, 2.45) is 0 Å². The highest BCUT2D eigenvalue weighted by atomic mass is 32.2. The first-order valence-electron chi connectivity index (χ1n) is 39.4. The van der Waals surface area contributed by atoms with E-state index >= 15 is 0 Å². The number of rotatable bonds is 40. The summed E-state index contributed by atoms with van der Waals surface area (Å²) in [4.78, 5) is 49.7. The van der Waals surface area contributed by atoms with Crippen LogP contribution >= 0.6 is 47.0 Å². The largest absolute Gasteiger partial charge is 0.324 e. The number of H-pyrrole nitrogens is 2. The summed E-state index contributed by atoms with van der Waals surface area (Å²) in [5, 5.41) is 3.75. The number of pyridine rings is 4. The Morgan fingerprint density at radius 2 is 0.471 bits per heavy atom. The van der Waals surface area contributed by atoms with Crippen LogP contribution in [-0.4, -0.2) is 39.9 Å². The maximum atomic E-state index is 5.56. The number of fused-ring (bicyclic) bond motifs is 20. The summed E-state index contributed by atoms with van der Waals surface area (Å²) in [6, 6.07) is 44.4. The predicted molar refractivity (Wildman–Crippen MR) is 431 cm³/mol. The molecule has 0 spiro atoms. The van der Waals surface area contributed by atoms with Crippen molar-refractivity contribution in [3.63, 3.8) is 0 Å². The molecule has 11 aromatic rings. The fourth-order valence-electron chi connectivity index (χ4n) is 14.2. The average Bonchev–Trinajstić information content (AvgIpc) is 1.60. The molecule has 9 heterocycles. The van der Waals surface area contributed by atoms with E-state index in [9.17, 15) is 0 Å². The normalized spacial score (nSPS) is 11.9. The van der Waals surface area contributed by atoms with E-state index in [1.165, 1.54) is 199 Å². The Labute approximate surface area is 634 Å². The van der Waals surface area contributed by atoms with Gasteiger partial charge in [0, 0.05) is 157 Å². The van der Waals surface area contributed by atoms with Crippen molar-refractivity contribution < 1.29 is 18.3 Å². The highest BCUT2D eigenvalue weighted by Gasteiger charge is 2.25. The van der Waals surface area contributed by atoms with Crippen LogP contribution in [0.3, 0.4) is 0 Å². The molecule has 8 bridgehead atoms. The van der Waals surface area contributed by atoms with Crippen molar-refractivity contribution in [3.05, 3.63) is 171 Å². The molecule has 0 fully saturated rings. The molecule has 16 heteroatoms. The standard InChI is InChI=1S/C88H106N12S4/c1-5-9-13-17-21-25-29-49-97-53-41-65(42-54-97)101-69-33-37-73-77(61-69)85-89-81(73)94-86-79-63-71(103-67-45-57-99(58-46-67)51-31-27-23-19-15-11-7-3)35-39-75(79)83(91-86)96-88-80-64-72(104-68-47-59-100(60-48-68)52-32-28-24-20-16-12-8-4)36-40-76(80)84(92-88)95-87-78-62-70(34-38-74(78)82(90-87)93-85)102-66-43-55-98(56-44-66)50-30-26-22-18-14-10-6-2/h33-48,53-64H,5-32,49-52H2,1-4H3,(H2,89,90,91,92,93,94,95,96)/q+4. The second kappa shape index (κ2) is 38.5. The summed E-state index contributed by atoms with van der Waals surface area (Å²) in [7, 11) is 0. The molecule has 0 radical (unpaired) electrons. The SMILES string of the molecule is CCCCCCCCC[n+]1ccc(Sc2ccc3c(c2)-c2nc-3nc3[nH]c(nc4nc(nc5[nH]c(n2)c2ccc(Sc6cc[n+](CCCCCCCCC)cc6)cc52)-c2ccc(Sc5cc[n+](CCCCCCCCC)cc5)cc2-4)c2ccc(Sc4cc[n+](CCCCCCCCC)cc4)cc32)cc1. The molecule has 2 aliphatic heterocycles. The van der Waals surface area contributed by atoms with Crippen LogP contribution in [0.4, 0.5) is 0 Å². The van der Waals surface area contributed by atoms with Gasteiger partial charge in [0.2, 0.25) is 0 Å². The third-order valence-corrected chi connectivity index (χ3v) is 24.2. The lowest BCUT2D eigenvalue weighted by Crippen LogP contribution is -2.32. The number of unbranched alkanes of at least 4 members (excludes halogenated alkanes) is 24. The van der Waals surface area contributed by atoms with Gasteiger partial charge in [-0.15, -0.1) is 0 Å². The fraction of sp³-hybridized carbons (Fsp3) is 0.409. The first kappa shape index (κ1) is 74.5. The van der Waals surface area contributed by atoms with Crippen LogP contribution in [0, 0.1) is 0 Å². The molecule has 13 rings (SSSR count). The molecule has 2 aliphatic rings. The highest BCUT2D eigenvalue weighted by Crippen LogP contribution is 2.43. The minimum absolute atomic E-state index is 0.575. The van der Waals surface area contributed by atoms with Crippen molar-refractivity contribution in [2.75, 3.05) is 0 Å². The van der Waals surface area contributed by atoms with Gasteiger partial charge in [-0.05, 0) is 98.5 Å². The Balaban J connectivity index is 0.882. The van der Waals surface area contributed by atoms with E-state index in [0.29, 0.717) is 45.9 Å². The van der Waals surface area contributed by atoms with E-state index in [-0.39, 0.29) is 0 Å². The Morgan fingerprint density at radius 3 is 0.760 bits per heavy atom. The van der Waals surface area contributed by atoms with Gasteiger partial charge < -0.3 is 9.97 Å². The van der Waals surface area contributed by atoms with Crippen LogP contribution in [0.2, 0.25) is 0 Å². The number of nitrogens with zero attached hydrogens (tertiary/aromatic N) is 10. The Hall–Kier alpha value is -7.76. The number of nitrogens with one attached hydrogen (secondary N) is 2. The van der Waals surface area contributed by atoms with E-state index in [1.54, 1.807) is 47.0 Å². The van der Waals surface area contributed by atoms with Gasteiger partial charge in [0.05, 0.1) is 0 Å². The first-order chi connectivity index (χ1) is 51.3. The molecule has 0 amide bonds. The molecule has 4 aromatic carbocycles. The number of hydrogen-bond acceptors (Lipinski definition) is 10. The molecule has 538 valence electrons. The monoisotopic (exact) mass is 1460 g/mol. The summed E-state index contributed by atoms with van der Waals surface area (Å²) in [6.07, 6.45) is 54.2. The number of aryl methyl sites for hydroxylation is 4. The predicted octanol–water partition coefficient (Wildman–Crippen LogP) is 23.6. The molecule has 104 heavy (non-hydrogen) atoms. The van der Waals surface area contributed by atoms with Crippen molar-refractivity contribution in [2.45, 2.75) is 273 Å². The Morgan fingerprint density at radius 1 is 0.231 bits per heavy atom. The number of hydrogen-bond donors (Lipinski definition) is 2. The summed E-state index contributed by atoms with van der Waals surface area (Å²) in [5.74, 6) is 2.30. The van der Waals surface area contributed by atoms with E-state index in [0.717, 1.165) is 89.6 Å². The molecule has 7 aromatic heterocycles. The summed E-state index contributed by atoms with van der Waals surface area (Å²) in [5.41, 5.74) is 6.29. The fourth-order valence-corrected chi connectivity index (χ4v) is 17.5. The molecule has 0 unspecified atom stereocenters. The maximum absolute atomic E-state index is 5.56. The summed E-state index contributed by atoms with van der Waals surface area (Å²) >= 11 is 7.03. The minimum Gasteiger partial charge on any atom is -0.324 e. The maximum Gasteiger partial charge on any atom is 0.169 e. The topological polar surface area (TPSA) is 124 Å². The molecule has 0 atom stereocenters. The van der Waals surface area contributed by atoms with Crippen LogP contribution in [0.5, 0.6) is 0 Å². The lowest BCUT2D eigenvalue weighted by atomic mass is 10.1.